The third-order valence-corrected chi connectivity index (χ3v) is 2.08. The first-order valence-corrected chi connectivity index (χ1v) is 4.77. The number of hydrogen-bond donors (Lipinski definition) is 1. The van der Waals surface area contributed by atoms with Crippen LogP contribution in [-0.2, 0) is 0 Å². The van der Waals surface area contributed by atoms with E-state index in [1.165, 1.54) is 0 Å². The maximum atomic E-state index is 5.83. The van der Waals surface area contributed by atoms with Crippen molar-refractivity contribution in [2.24, 2.45) is 5.73 Å². The fourth-order valence-corrected chi connectivity index (χ4v) is 1.41. The maximum Gasteiger partial charge on any atom is 0.161 e. The van der Waals surface area contributed by atoms with Crippen molar-refractivity contribution >= 4 is 0 Å². The fraction of sp³-hybridized carbons (Fsp3) is 0.182. The minimum Gasteiger partial charge on any atom is -0.323 e. The van der Waals surface area contributed by atoms with Crippen molar-refractivity contribution in [1.29, 1.82) is 0 Å². The van der Waals surface area contributed by atoms with Gasteiger partial charge in [-0.15, -0.1) is 0 Å². The maximum absolute atomic E-state index is 5.83. The summed E-state index contributed by atoms with van der Waals surface area (Å²) >= 11 is 0. The van der Waals surface area contributed by atoms with Crippen LogP contribution in [0.3, 0.4) is 0 Å². The van der Waals surface area contributed by atoms with Crippen molar-refractivity contribution in [3.05, 3.63) is 42.5 Å². The van der Waals surface area contributed by atoms with Crippen LogP contribution in [0.2, 0.25) is 0 Å². The summed E-state index contributed by atoms with van der Waals surface area (Å²) < 4.78 is 0. The smallest absolute Gasteiger partial charge is 0.161 e. The number of aromatic nitrogens is 3. The van der Waals surface area contributed by atoms with Gasteiger partial charge in [-0.1, -0.05) is 0 Å². The summed E-state index contributed by atoms with van der Waals surface area (Å²) in [6.45, 7) is 1.90. The van der Waals surface area contributed by atoms with E-state index >= 15 is 0 Å². The van der Waals surface area contributed by atoms with Gasteiger partial charge in [0.15, 0.2) is 5.82 Å². The zero-order chi connectivity index (χ0) is 10.7. The van der Waals surface area contributed by atoms with Gasteiger partial charge in [0.2, 0.25) is 0 Å². The molecule has 4 nitrogen and oxygen atoms in total. The topological polar surface area (TPSA) is 64.7 Å². The lowest BCUT2D eigenvalue weighted by molar-refractivity contribution is 0.782. The van der Waals surface area contributed by atoms with Gasteiger partial charge in [-0.05, 0) is 25.1 Å². The Morgan fingerprint density at radius 2 is 1.73 bits per heavy atom. The second-order valence-electron chi connectivity index (χ2n) is 3.30. The lowest BCUT2D eigenvalue weighted by Gasteiger charge is -2.09. The molecule has 2 N–H and O–H groups in total. The molecule has 0 aliphatic heterocycles. The summed E-state index contributed by atoms with van der Waals surface area (Å²) in [6, 6.07) is 5.45. The van der Waals surface area contributed by atoms with Gasteiger partial charge in [-0.3, -0.25) is 4.98 Å². The van der Waals surface area contributed by atoms with Gasteiger partial charge in [0.25, 0.3) is 0 Å². The monoisotopic (exact) mass is 200 g/mol. The number of pyridine rings is 1. The molecule has 0 aliphatic rings. The Morgan fingerprint density at radius 3 is 2.40 bits per heavy atom. The van der Waals surface area contributed by atoms with E-state index in [9.17, 15) is 0 Å². The number of nitrogens with two attached hydrogens (primary N) is 1. The molecule has 76 valence electrons. The van der Waals surface area contributed by atoms with Crippen molar-refractivity contribution in [3.63, 3.8) is 0 Å². The summed E-state index contributed by atoms with van der Waals surface area (Å²) in [6.07, 6.45) is 5.14. The molecule has 0 spiro atoms. The molecule has 2 heterocycles. The lowest BCUT2D eigenvalue weighted by atomic mass is 10.1. The van der Waals surface area contributed by atoms with E-state index in [1.54, 1.807) is 24.7 Å². The molecular formula is C11H12N4. The van der Waals surface area contributed by atoms with Gasteiger partial charge in [0.05, 0.1) is 5.69 Å². The highest BCUT2D eigenvalue weighted by atomic mass is 14.9. The molecule has 4 heteroatoms. The van der Waals surface area contributed by atoms with E-state index in [4.69, 9.17) is 5.73 Å². The molecule has 2 aromatic heterocycles. The van der Waals surface area contributed by atoms with Crippen molar-refractivity contribution in [2.45, 2.75) is 13.0 Å². The minimum absolute atomic E-state index is 0.120. The van der Waals surface area contributed by atoms with E-state index in [0.717, 1.165) is 11.3 Å². The third kappa shape index (κ3) is 1.99. The highest BCUT2D eigenvalue weighted by molar-refractivity contribution is 5.58. The Balaban J connectivity index is 2.53. The Labute approximate surface area is 88.2 Å². The van der Waals surface area contributed by atoms with E-state index in [2.05, 4.69) is 15.0 Å². The van der Waals surface area contributed by atoms with Gasteiger partial charge in [0, 0.05) is 30.2 Å². The average molecular weight is 200 g/mol. The SMILES string of the molecule is CC(N)c1ncccc1-c1ncccn1. The molecule has 0 aromatic carbocycles. The molecule has 15 heavy (non-hydrogen) atoms. The molecule has 1 unspecified atom stereocenters. The summed E-state index contributed by atoms with van der Waals surface area (Å²) in [7, 11) is 0. The first kappa shape index (κ1) is 9.73. The van der Waals surface area contributed by atoms with Crippen LogP contribution in [0.15, 0.2) is 36.8 Å². The Hall–Kier alpha value is -1.81. The van der Waals surface area contributed by atoms with E-state index < -0.39 is 0 Å². The highest BCUT2D eigenvalue weighted by Gasteiger charge is 2.10. The van der Waals surface area contributed by atoms with Crippen LogP contribution in [0.5, 0.6) is 0 Å². The van der Waals surface area contributed by atoms with Crippen molar-refractivity contribution in [3.8, 4) is 11.4 Å². The summed E-state index contributed by atoms with van der Waals surface area (Å²) in [4.78, 5) is 12.6. The Bertz CT molecular complexity index is 439. The first-order chi connectivity index (χ1) is 7.29. The predicted molar refractivity (Wildman–Crippen MR) is 57.9 cm³/mol. The first-order valence-electron chi connectivity index (χ1n) is 4.77. The normalized spacial score (nSPS) is 12.4. The van der Waals surface area contributed by atoms with Crippen molar-refractivity contribution in [2.75, 3.05) is 0 Å². The molecule has 0 fully saturated rings. The predicted octanol–water partition coefficient (Wildman–Crippen LogP) is 1.56. The molecule has 2 rings (SSSR count). The summed E-state index contributed by atoms with van der Waals surface area (Å²) in [5, 5.41) is 0. The molecule has 0 radical (unpaired) electrons. The summed E-state index contributed by atoms with van der Waals surface area (Å²) in [5.41, 5.74) is 7.55. The van der Waals surface area contributed by atoms with Gasteiger partial charge in [-0.25, -0.2) is 9.97 Å². The van der Waals surface area contributed by atoms with Crippen LogP contribution in [0, 0.1) is 0 Å². The van der Waals surface area contributed by atoms with Crippen LogP contribution in [-0.4, -0.2) is 15.0 Å². The standard InChI is InChI=1S/C11H12N4/c1-8(12)10-9(4-2-5-13-10)11-14-6-3-7-15-11/h2-8H,12H2,1H3. The van der Waals surface area contributed by atoms with Crippen LogP contribution in [0.4, 0.5) is 0 Å². The molecule has 0 saturated carbocycles. The van der Waals surface area contributed by atoms with Crippen LogP contribution in [0.1, 0.15) is 18.7 Å². The zero-order valence-electron chi connectivity index (χ0n) is 8.46. The number of hydrogen-bond acceptors (Lipinski definition) is 4. The van der Waals surface area contributed by atoms with Crippen molar-refractivity contribution < 1.29 is 0 Å². The van der Waals surface area contributed by atoms with E-state index in [1.807, 2.05) is 19.1 Å². The molecule has 0 bridgehead atoms. The third-order valence-electron chi connectivity index (χ3n) is 2.08. The average Bonchev–Trinajstić information content (AvgIpc) is 2.30. The largest absolute Gasteiger partial charge is 0.323 e. The Kier molecular flexibility index (Phi) is 2.69. The molecule has 2 aromatic rings. The number of rotatable bonds is 2. The molecule has 0 aliphatic carbocycles. The van der Waals surface area contributed by atoms with Crippen LogP contribution >= 0.6 is 0 Å². The van der Waals surface area contributed by atoms with Gasteiger partial charge in [-0.2, -0.15) is 0 Å². The number of nitrogens with zero attached hydrogens (tertiary/aromatic N) is 3. The van der Waals surface area contributed by atoms with Crippen LogP contribution in [0.25, 0.3) is 11.4 Å². The summed E-state index contributed by atoms with van der Waals surface area (Å²) in [5.74, 6) is 0.665. The lowest BCUT2D eigenvalue weighted by Crippen LogP contribution is -2.09. The van der Waals surface area contributed by atoms with Gasteiger partial charge in [0.1, 0.15) is 0 Å². The van der Waals surface area contributed by atoms with Crippen molar-refractivity contribution in [1.82, 2.24) is 15.0 Å². The highest BCUT2D eigenvalue weighted by Crippen LogP contribution is 2.21. The van der Waals surface area contributed by atoms with Gasteiger partial charge >= 0.3 is 0 Å². The molecule has 0 amide bonds. The second kappa shape index (κ2) is 4.14. The van der Waals surface area contributed by atoms with Gasteiger partial charge < -0.3 is 5.73 Å². The Morgan fingerprint density at radius 1 is 1.07 bits per heavy atom. The molecular weight excluding hydrogens is 188 g/mol. The van der Waals surface area contributed by atoms with Crippen LogP contribution < -0.4 is 5.73 Å². The van der Waals surface area contributed by atoms with E-state index in [0.29, 0.717) is 5.82 Å². The zero-order valence-corrected chi connectivity index (χ0v) is 8.46. The molecule has 0 saturated heterocycles. The molecule has 1 atom stereocenters. The second-order valence-corrected chi connectivity index (χ2v) is 3.30. The quantitative estimate of drug-likeness (QED) is 0.799. The minimum atomic E-state index is -0.120. The fourth-order valence-electron chi connectivity index (χ4n) is 1.41. The van der Waals surface area contributed by atoms with E-state index in [-0.39, 0.29) is 6.04 Å².